The van der Waals surface area contributed by atoms with E-state index < -0.39 is 10.0 Å². The van der Waals surface area contributed by atoms with Gasteiger partial charge < -0.3 is 10.1 Å². The summed E-state index contributed by atoms with van der Waals surface area (Å²) in [5.74, 6) is 0.801. The van der Waals surface area contributed by atoms with Crippen LogP contribution in [0.5, 0.6) is 0 Å². The van der Waals surface area contributed by atoms with E-state index in [1.165, 1.54) is 12.8 Å². The van der Waals surface area contributed by atoms with Crippen LogP contribution >= 0.6 is 0 Å². The predicted molar refractivity (Wildman–Crippen MR) is 84.8 cm³/mol. The Bertz CT molecular complexity index is 403. The average molecular weight is 318 g/mol. The third-order valence-corrected chi connectivity index (χ3v) is 6.75. The normalized spacial score (nSPS) is 25.2. The van der Waals surface area contributed by atoms with Crippen molar-refractivity contribution in [2.75, 3.05) is 32.6 Å². The van der Waals surface area contributed by atoms with Crippen LogP contribution in [0.3, 0.4) is 0 Å². The van der Waals surface area contributed by atoms with Gasteiger partial charge in [0.25, 0.3) is 0 Å². The van der Waals surface area contributed by atoms with Crippen LogP contribution in [-0.2, 0) is 14.8 Å². The molecule has 2 unspecified atom stereocenters. The van der Waals surface area contributed by atoms with E-state index in [0.717, 1.165) is 32.2 Å². The van der Waals surface area contributed by atoms with E-state index in [2.05, 4.69) is 5.32 Å². The highest BCUT2D eigenvalue weighted by atomic mass is 32.2. The van der Waals surface area contributed by atoms with Gasteiger partial charge in [-0.2, -0.15) is 4.31 Å². The van der Waals surface area contributed by atoms with Crippen LogP contribution in [0, 0.1) is 5.92 Å². The summed E-state index contributed by atoms with van der Waals surface area (Å²) in [5.41, 5.74) is 0. The van der Waals surface area contributed by atoms with E-state index >= 15 is 0 Å². The maximum Gasteiger partial charge on any atom is 0.214 e. The molecule has 0 spiro atoms. The molecule has 0 aromatic carbocycles. The van der Waals surface area contributed by atoms with Gasteiger partial charge in [0.15, 0.2) is 0 Å². The fourth-order valence-electron chi connectivity index (χ4n) is 3.17. The summed E-state index contributed by atoms with van der Waals surface area (Å²) >= 11 is 0. The summed E-state index contributed by atoms with van der Waals surface area (Å²) in [7, 11) is -1.56. The first kappa shape index (κ1) is 17.2. The maximum absolute atomic E-state index is 12.7. The van der Waals surface area contributed by atoms with Gasteiger partial charge in [-0.05, 0) is 51.5 Å². The number of methoxy groups -OCH3 is 1. The van der Waals surface area contributed by atoms with Crippen molar-refractivity contribution in [2.45, 2.75) is 57.5 Å². The first-order valence-electron chi connectivity index (χ1n) is 8.26. The van der Waals surface area contributed by atoms with Crippen molar-refractivity contribution in [1.82, 2.24) is 9.62 Å². The van der Waals surface area contributed by atoms with Crippen molar-refractivity contribution in [3.8, 4) is 0 Å². The van der Waals surface area contributed by atoms with E-state index in [0.29, 0.717) is 25.1 Å². The fraction of sp³-hybridized carbons (Fsp3) is 1.00. The minimum atomic E-state index is -3.18. The van der Waals surface area contributed by atoms with Crippen LogP contribution < -0.4 is 5.32 Å². The van der Waals surface area contributed by atoms with Crippen LogP contribution in [0.2, 0.25) is 0 Å². The van der Waals surface area contributed by atoms with E-state index in [1.54, 1.807) is 11.4 Å². The van der Waals surface area contributed by atoms with E-state index in [-0.39, 0.29) is 11.8 Å². The van der Waals surface area contributed by atoms with Crippen molar-refractivity contribution in [3.63, 3.8) is 0 Å². The summed E-state index contributed by atoms with van der Waals surface area (Å²) in [4.78, 5) is 0. The lowest BCUT2D eigenvalue weighted by molar-refractivity contribution is 0.164. The SMILES string of the molecule is COCCN(C(C)C1CC1)S(=O)(=O)CCC1CCCCN1. The Kier molecular flexibility index (Phi) is 6.47. The van der Waals surface area contributed by atoms with E-state index in [1.807, 2.05) is 6.92 Å². The van der Waals surface area contributed by atoms with Crippen LogP contribution in [0.25, 0.3) is 0 Å². The molecule has 0 radical (unpaired) electrons. The van der Waals surface area contributed by atoms with Crippen molar-refractivity contribution < 1.29 is 13.2 Å². The highest BCUT2D eigenvalue weighted by molar-refractivity contribution is 7.89. The largest absolute Gasteiger partial charge is 0.383 e. The lowest BCUT2D eigenvalue weighted by Gasteiger charge is -2.30. The molecule has 2 rings (SSSR count). The number of sulfonamides is 1. The van der Waals surface area contributed by atoms with Crippen LogP contribution in [-0.4, -0.2) is 57.4 Å². The molecule has 1 heterocycles. The van der Waals surface area contributed by atoms with Gasteiger partial charge in [0, 0.05) is 25.7 Å². The Morgan fingerprint density at radius 2 is 2.05 bits per heavy atom. The van der Waals surface area contributed by atoms with Gasteiger partial charge in [0.2, 0.25) is 10.0 Å². The van der Waals surface area contributed by atoms with Crippen LogP contribution in [0.1, 0.15) is 45.4 Å². The quantitative estimate of drug-likeness (QED) is 0.701. The van der Waals surface area contributed by atoms with Gasteiger partial charge in [-0.15, -0.1) is 0 Å². The minimum absolute atomic E-state index is 0.115. The summed E-state index contributed by atoms with van der Waals surface area (Å²) in [6.07, 6.45) is 6.56. The topological polar surface area (TPSA) is 58.6 Å². The second-order valence-corrected chi connectivity index (χ2v) is 8.47. The van der Waals surface area contributed by atoms with E-state index in [9.17, 15) is 8.42 Å². The standard InChI is InChI=1S/C15H30N2O3S/c1-13(14-6-7-14)17(10-11-20-2)21(18,19)12-8-15-5-3-4-9-16-15/h13-16H,3-12H2,1-2H3. The molecule has 1 aliphatic carbocycles. The summed E-state index contributed by atoms with van der Waals surface area (Å²) in [5, 5.41) is 3.43. The van der Waals surface area contributed by atoms with Crippen molar-refractivity contribution >= 4 is 10.0 Å². The molecule has 2 fully saturated rings. The first-order valence-corrected chi connectivity index (χ1v) is 9.87. The molecule has 6 heteroatoms. The molecule has 1 N–H and O–H groups in total. The second kappa shape index (κ2) is 7.90. The molecular formula is C15H30N2O3S. The van der Waals surface area contributed by atoms with Crippen LogP contribution in [0.15, 0.2) is 0 Å². The number of ether oxygens (including phenoxy) is 1. The smallest absolute Gasteiger partial charge is 0.214 e. The molecule has 0 aromatic heterocycles. The third-order valence-electron chi connectivity index (χ3n) is 4.77. The van der Waals surface area contributed by atoms with Crippen molar-refractivity contribution in [2.24, 2.45) is 5.92 Å². The van der Waals surface area contributed by atoms with Gasteiger partial charge in [0.1, 0.15) is 0 Å². The predicted octanol–water partition coefficient (Wildman–Crippen LogP) is 1.60. The molecular weight excluding hydrogens is 288 g/mol. The first-order chi connectivity index (χ1) is 10.0. The van der Waals surface area contributed by atoms with Crippen molar-refractivity contribution in [1.29, 1.82) is 0 Å². The molecule has 0 bridgehead atoms. The zero-order valence-electron chi connectivity index (χ0n) is 13.4. The summed E-state index contributed by atoms with van der Waals surface area (Å²) in [6, 6.07) is 0.485. The highest BCUT2D eigenvalue weighted by Crippen LogP contribution is 2.36. The number of nitrogens with zero attached hydrogens (tertiary/aromatic N) is 1. The highest BCUT2D eigenvalue weighted by Gasteiger charge is 2.37. The monoisotopic (exact) mass is 318 g/mol. The average Bonchev–Trinajstić information content (AvgIpc) is 3.31. The van der Waals surface area contributed by atoms with E-state index in [4.69, 9.17) is 4.74 Å². The molecule has 5 nitrogen and oxygen atoms in total. The maximum atomic E-state index is 12.7. The number of nitrogens with one attached hydrogen (secondary N) is 1. The Balaban J connectivity index is 1.91. The zero-order valence-corrected chi connectivity index (χ0v) is 14.2. The molecule has 1 saturated carbocycles. The zero-order chi connectivity index (χ0) is 15.3. The number of hydrogen-bond donors (Lipinski definition) is 1. The molecule has 2 aliphatic rings. The number of hydrogen-bond acceptors (Lipinski definition) is 4. The Morgan fingerprint density at radius 3 is 2.62 bits per heavy atom. The molecule has 0 amide bonds. The third kappa shape index (κ3) is 5.20. The van der Waals surface area contributed by atoms with Gasteiger partial charge >= 0.3 is 0 Å². The molecule has 124 valence electrons. The van der Waals surface area contributed by atoms with Crippen molar-refractivity contribution in [3.05, 3.63) is 0 Å². The number of rotatable bonds is 9. The second-order valence-electron chi connectivity index (χ2n) is 6.43. The van der Waals surface area contributed by atoms with Crippen LogP contribution in [0.4, 0.5) is 0 Å². The molecule has 21 heavy (non-hydrogen) atoms. The lowest BCUT2D eigenvalue weighted by Crippen LogP contribution is -2.44. The molecule has 0 aromatic rings. The minimum Gasteiger partial charge on any atom is -0.383 e. The summed E-state index contributed by atoms with van der Waals surface area (Å²) < 4.78 is 32.2. The van der Waals surface area contributed by atoms with Gasteiger partial charge in [0.05, 0.1) is 12.4 Å². The lowest BCUT2D eigenvalue weighted by atomic mass is 10.0. The Hall–Kier alpha value is -0.170. The van der Waals surface area contributed by atoms with Gasteiger partial charge in [-0.1, -0.05) is 6.42 Å². The number of piperidine rings is 1. The van der Waals surface area contributed by atoms with Gasteiger partial charge in [-0.25, -0.2) is 8.42 Å². The Morgan fingerprint density at radius 1 is 1.29 bits per heavy atom. The van der Waals surface area contributed by atoms with Gasteiger partial charge in [-0.3, -0.25) is 0 Å². The fourth-order valence-corrected chi connectivity index (χ4v) is 5.02. The molecule has 1 saturated heterocycles. The molecule has 1 aliphatic heterocycles. The Labute approximate surface area is 129 Å². The summed E-state index contributed by atoms with van der Waals surface area (Å²) in [6.45, 7) is 4.02. The molecule has 2 atom stereocenters.